The van der Waals surface area contributed by atoms with Gasteiger partial charge in [0, 0.05) is 11.9 Å². The number of hydrogen-bond donors (Lipinski definition) is 1. The highest BCUT2D eigenvalue weighted by Crippen LogP contribution is 2.25. The minimum Gasteiger partial charge on any atom is -0.489 e. The Morgan fingerprint density at radius 1 is 1.22 bits per heavy atom. The van der Waals surface area contributed by atoms with Crippen LogP contribution in [0, 0.1) is 12.3 Å². The van der Waals surface area contributed by atoms with Gasteiger partial charge in [-0.05, 0) is 18.4 Å². The summed E-state index contributed by atoms with van der Waals surface area (Å²) in [6.07, 6.45) is 5.28. The number of fused-ring (bicyclic) bond motifs is 1. The molecular weight excluding hydrogens is 222 g/mol. The quantitative estimate of drug-likeness (QED) is 0.640. The van der Waals surface area contributed by atoms with Crippen molar-refractivity contribution in [3.8, 4) is 18.1 Å². The van der Waals surface area contributed by atoms with E-state index in [1.165, 1.54) is 5.39 Å². The zero-order chi connectivity index (χ0) is 12.8. The largest absolute Gasteiger partial charge is 0.489 e. The Morgan fingerprint density at radius 3 is 2.83 bits per heavy atom. The minimum atomic E-state index is 0.0872. The average Bonchev–Trinajstić information content (AvgIpc) is 2.39. The fourth-order valence-corrected chi connectivity index (χ4v) is 1.90. The van der Waals surface area contributed by atoms with Gasteiger partial charge in [-0.2, -0.15) is 0 Å². The van der Waals surface area contributed by atoms with E-state index < -0.39 is 0 Å². The Morgan fingerprint density at radius 2 is 2.00 bits per heavy atom. The lowest BCUT2D eigenvalue weighted by molar-refractivity contribution is 0.222. The summed E-state index contributed by atoms with van der Waals surface area (Å²) < 4.78 is 5.94. The molecule has 2 aromatic carbocycles. The zero-order valence-corrected chi connectivity index (χ0v) is 10.5. The standard InChI is InChI=1S/C16H17NO/c1-3-11-17-12-13(2)18-16-10-6-8-14-7-4-5-9-15(14)16/h1,4-10,13,17H,11-12H2,2H3. The fraction of sp³-hybridized carbons (Fsp3) is 0.250. The number of terminal acetylenes is 1. The second-order valence-corrected chi connectivity index (χ2v) is 4.24. The van der Waals surface area contributed by atoms with Crippen LogP contribution in [0.15, 0.2) is 42.5 Å². The van der Waals surface area contributed by atoms with E-state index in [-0.39, 0.29) is 6.10 Å². The van der Waals surface area contributed by atoms with Crippen molar-refractivity contribution in [2.45, 2.75) is 13.0 Å². The molecule has 1 unspecified atom stereocenters. The van der Waals surface area contributed by atoms with Crippen molar-refractivity contribution < 1.29 is 4.74 Å². The Kier molecular flexibility index (Phi) is 4.22. The van der Waals surface area contributed by atoms with E-state index in [4.69, 9.17) is 11.2 Å². The third-order valence-electron chi connectivity index (χ3n) is 2.74. The highest BCUT2D eigenvalue weighted by atomic mass is 16.5. The van der Waals surface area contributed by atoms with Crippen molar-refractivity contribution in [1.82, 2.24) is 5.32 Å². The molecule has 2 nitrogen and oxygen atoms in total. The molecule has 0 fully saturated rings. The second kappa shape index (κ2) is 6.09. The Balaban J connectivity index is 2.09. The molecule has 0 bridgehead atoms. The average molecular weight is 239 g/mol. The number of benzene rings is 2. The summed E-state index contributed by atoms with van der Waals surface area (Å²) in [5.74, 6) is 3.47. The van der Waals surface area contributed by atoms with Crippen molar-refractivity contribution in [3.05, 3.63) is 42.5 Å². The van der Waals surface area contributed by atoms with Crippen LogP contribution in [0.3, 0.4) is 0 Å². The monoisotopic (exact) mass is 239 g/mol. The van der Waals surface area contributed by atoms with Gasteiger partial charge in [0.1, 0.15) is 11.9 Å². The van der Waals surface area contributed by atoms with Crippen LogP contribution in [-0.2, 0) is 0 Å². The van der Waals surface area contributed by atoms with Crippen LogP contribution in [0.25, 0.3) is 10.8 Å². The topological polar surface area (TPSA) is 21.3 Å². The van der Waals surface area contributed by atoms with Gasteiger partial charge in [-0.3, -0.25) is 0 Å². The molecule has 0 saturated carbocycles. The maximum absolute atomic E-state index is 5.94. The van der Waals surface area contributed by atoms with Gasteiger partial charge in [-0.1, -0.05) is 42.3 Å². The number of hydrogen-bond acceptors (Lipinski definition) is 2. The van der Waals surface area contributed by atoms with E-state index in [0.29, 0.717) is 6.54 Å². The molecular formula is C16H17NO. The molecule has 0 radical (unpaired) electrons. The van der Waals surface area contributed by atoms with Crippen molar-refractivity contribution in [2.24, 2.45) is 0 Å². The predicted molar refractivity (Wildman–Crippen MR) is 75.7 cm³/mol. The molecule has 0 spiro atoms. The first-order valence-electron chi connectivity index (χ1n) is 6.10. The molecule has 92 valence electrons. The summed E-state index contributed by atoms with van der Waals surface area (Å²) in [4.78, 5) is 0. The van der Waals surface area contributed by atoms with Crippen LogP contribution in [0.1, 0.15) is 6.92 Å². The summed E-state index contributed by atoms with van der Waals surface area (Å²) >= 11 is 0. The molecule has 2 aromatic rings. The van der Waals surface area contributed by atoms with Crippen LogP contribution < -0.4 is 10.1 Å². The molecule has 1 atom stereocenters. The van der Waals surface area contributed by atoms with Crippen molar-refractivity contribution in [2.75, 3.05) is 13.1 Å². The Hall–Kier alpha value is -1.98. The van der Waals surface area contributed by atoms with E-state index >= 15 is 0 Å². The highest BCUT2D eigenvalue weighted by molar-refractivity contribution is 5.88. The van der Waals surface area contributed by atoms with Gasteiger partial charge in [0.25, 0.3) is 0 Å². The van der Waals surface area contributed by atoms with Gasteiger partial charge in [-0.25, -0.2) is 0 Å². The first-order chi connectivity index (χ1) is 8.81. The van der Waals surface area contributed by atoms with E-state index in [1.807, 2.05) is 31.2 Å². The maximum atomic E-state index is 5.94. The molecule has 0 saturated heterocycles. The number of ether oxygens (including phenoxy) is 1. The van der Waals surface area contributed by atoms with E-state index in [1.54, 1.807) is 0 Å². The lowest BCUT2D eigenvalue weighted by Crippen LogP contribution is -2.29. The molecule has 0 aromatic heterocycles. The normalized spacial score (nSPS) is 12.0. The summed E-state index contributed by atoms with van der Waals surface area (Å²) in [6, 6.07) is 14.3. The van der Waals surface area contributed by atoms with Gasteiger partial charge in [-0.15, -0.1) is 6.42 Å². The third-order valence-corrected chi connectivity index (χ3v) is 2.74. The zero-order valence-electron chi connectivity index (χ0n) is 10.5. The molecule has 0 aliphatic carbocycles. The number of rotatable bonds is 5. The lowest BCUT2D eigenvalue weighted by Gasteiger charge is -2.16. The summed E-state index contributed by atoms with van der Waals surface area (Å²) in [7, 11) is 0. The van der Waals surface area contributed by atoms with Crippen molar-refractivity contribution >= 4 is 10.8 Å². The van der Waals surface area contributed by atoms with Gasteiger partial charge in [0.15, 0.2) is 0 Å². The van der Waals surface area contributed by atoms with Crippen LogP contribution in [-0.4, -0.2) is 19.2 Å². The van der Waals surface area contributed by atoms with Gasteiger partial charge < -0.3 is 10.1 Å². The van der Waals surface area contributed by atoms with Crippen LogP contribution in [0.4, 0.5) is 0 Å². The molecule has 1 N–H and O–H groups in total. The lowest BCUT2D eigenvalue weighted by atomic mass is 10.1. The van der Waals surface area contributed by atoms with E-state index in [9.17, 15) is 0 Å². The summed E-state index contributed by atoms with van der Waals surface area (Å²) in [5, 5.41) is 5.48. The molecule has 0 aliphatic heterocycles. The molecule has 0 amide bonds. The number of nitrogens with one attached hydrogen (secondary N) is 1. The van der Waals surface area contributed by atoms with E-state index in [2.05, 4.69) is 29.4 Å². The summed E-state index contributed by atoms with van der Waals surface area (Å²) in [6.45, 7) is 3.35. The van der Waals surface area contributed by atoms with E-state index in [0.717, 1.165) is 17.7 Å². The van der Waals surface area contributed by atoms with Crippen LogP contribution >= 0.6 is 0 Å². The highest BCUT2D eigenvalue weighted by Gasteiger charge is 2.06. The first-order valence-corrected chi connectivity index (χ1v) is 6.10. The van der Waals surface area contributed by atoms with Crippen LogP contribution in [0.2, 0.25) is 0 Å². The van der Waals surface area contributed by atoms with Gasteiger partial charge >= 0.3 is 0 Å². The Labute approximate surface area is 108 Å². The first kappa shape index (κ1) is 12.5. The predicted octanol–water partition coefficient (Wildman–Crippen LogP) is 2.83. The summed E-state index contributed by atoms with van der Waals surface area (Å²) in [5.41, 5.74) is 0. The molecule has 0 aliphatic rings. The third kappa shape index (κ3) is 3.03. The molecule has 2 heteroatoms. The molecule has 0 heterocycles. The SMILES string of the molecule is C#CCNCC(C)Oc1cccc2ccccc12. The van der Waals surface area contributed by atoms with Crippen LogP contribution in [0.5, 0.6) is 5.75 Å². The molecule has 2 rings (SSSR count). The van der Waals surface area contributed by atoms with Gasteiger partial charge in [0.2, 0.25) is 0 Å². The van der Waals surface area contributed by atoms with Crippen molar-refractivity contribution in [1.29, 1.82) is 0 Å². The smallest absolute Gasteiger partial charge is 0.127 e. The second-order valence-electron chi connectivity index (χ2n) is 4.24. The fourth-order valence-electron chi connectivity index (χ4n) is 1.90. The van der Waals surface area contributed by atoms with Gasteiger partial charge in [0.05, 0.1) is 6.54 Å². The maximum Gasteiger partial charge on any atom is 0.127 e. The van der Waals surface area contributed by atoms with Crippen molar-refractivity contribution in [3.63, 3.8) is 0 Å². The Bertz CT molecular complexity index is 551. The minimum absolute atomic E-state index is 0.0872. The molecule has 18 heavy (non-hydrogen) atoms.